The van der Waals surface area contributed by atoms with Gasteiger partial charge in [-0.2, -0.15) is 0 Å². The molecule has 3 atom stereocenters. The Bertz CT molecular complexity index is 491. The van der Waals surface area contributed by atoms with Crippen LogP contribution in [0.25, 0.3) is 0 Å². The lowest BCUT2D eigenvalue weighted by Crippen LogP contribution is -2.53. The van der Waals surface area contributed by atoms with E-state index in [-0.39, 0.29) is 23.5 Å². The van der Waals surface area contributed by atoms with Gasteiger partial charge in [0.2, 0.25) is 0 Å². The lowest BCUT2D eigenvalue weighted by Gasteiger charge is -2.39. The molecule has 2 fully saturated rings. The van der Waals surface area contributed by atoms with Crippen molar-refractivity contribution in [2.75, 3.05) is 6.61 Å². The van der Waals surface area contributed by atoms with Crippen LogP contribution in [0.15, 0.2) is 18.2 Å². The fraction of sp³-hybridized carbons (Fsp3) is 0.462. The molecule has 18 heavy (non-hydrogen) atoms. The minimum Gasteiger partial charge on any atom is -0.508 e. The minimum atomic E-state index is -0.621. The number of aromatic hydroxyl groups is 1. The standard InChI is InChI=1S/C13H14FNO3/c14-10-2-1-7(16)5-9(10)13(17)15-11-6-12-8(11)3-4-18-12/h1-2,5,8,11-12,16H,3-4,6H2,(H,15,17)/t8-,11+,12+/m0/s1. The summed E-state index contributed by atoms with van der Waals surface area (Å²) in [5, 5.41) is 12.1. The molecule has 1 heterocycles. The molecule has 3 rings (SSSR count). The molecule has 1 amide bonds. The van der Waals surface area contributed by atoms with Crippen molar-refractivity contribution in [3.63, 3.8) is 0 Å². The van der Waals surface area contributed by atoms with Gasteiger partial charge in [-0.1, -0.05) is 0 Å². The third-order valence-corrected chi connectivity index (χ3v) is 3.77. The van der Waals surface area contributed by atoms with E-state index in [0.29, 0.717) is 5.92 Å². The monoisotopic (exact) mass is 251 g/mol. The zero-order chi connectivity index (χ0) is 12.7. The molecule has 5 heteroatoms. The molecular weight excluding hydrogens is 237 g/mol. The number of carbonyl (C=O) groups is 1. The van der Waals surface area contributed by atoms with Gasteiger partial charge in [0, 0.05) is 18.6 Å². The number of ether oxygens (including phenoxy) is 1. The third kappa shape index (κ3) is 1.84. The topological polar surface area (TPSA) is 58.6 Å². The van der Waals surface area contributed by atoms with E-state index in [1.165, 1.54) is 6.07 Å². The number of nitrogens with one attached hydrogen (secondary N) is 1. The third-order valence-electron chi connectivity index (χ3n) is 3.77. The van der Waals surface area contributed by atoms with Crippen molar-refractivity contribution in [1.82, 2.24) is 5.32 Å². The van der Waals surface area contributed by atoms with E-state index in [1.54, 1.807) is 0 Å². The van der Waals surface area contributed by atoms with Crippen LogP contribution in [0.4, 0.5) is 4.39 Å². The van der Waals surface area contributed by atoms with Crippen molar-refractivity contribution in [3.8, 4) is 5.75 Å². The first-order valence-corrected chi connectivity index (χ1v) is 6.06. The van der Waals surface area contributed by atoms with Crippen molar-refractivity contribution < 1.29 is 19.0 Å². The van der Waals surface area contributed by atoms with Gasteiger partial charge in [0.1, 0.15) is 11.6 Å². The number of rotatable bonds is 2. The Kier molecular flexibility index (Phi) is 2.70. The van der Waals surface area contributed by atoms with Gasteiger partial charge in [0.25, 0.3) is 5.91 Å². The number of amides is 1. The number of benzene rings is 1. The van der Waals surface area contributed by atoms with Crippen LogP contribution in [0.1, 0.15) is 23.2 Å². The molecule has 0 spiro atoms. The summed E-state index contributed by atoms with van der Waals surface area (Å²) in [6, 6.07) is 3.51. The second-order valence-electron chi connectivity index (χ2n) is 4.84. The maximum absolute atomic E-state index is 13.5. The first-order valence-electron chi connectivity index (χ1n) is 6.06. The van der Waals surface area contributed by atoms with Crippen molar-refractivity contribution >= 4 is 5.91 Å². The molecular formula is C13H14FNO3. The van der Waals surface area contributed by atoms with Crippen molar-refractivity contribution in [2.45, 2.75) is 25.0 Å². The molecule has 1 saturated carbocycles. The number of hydrogen-bond donors (Lipinski definition) is 2. The second kappa shape index (κ2) is 4.24. The van der Waals surface area contributed by atoms with Crippen LogP contribution in [0.2, 0.25) is 0 Å². The lowest BCUT2D eigenvalue weighted by molar-refractivity contribution is 0.00804. The summed E-state index contributed by atoms with van der Waals surface area (Å²) in [6.45, 7) is 0.738. The summed E-state index contributed by atoms with van der Waals surface area (Å²) < 4.78 is 18.9. The summed E-state index contributed by atoms with van der Waals surface area (Å²) in [5.74, 6) is -0.853. The average Bonchev–Trinajstić information content (AvgIpc) is 2.70. The number of halogens is 1. The molecule has 0 bridgehead atoms. The van der Waals surface area contributed by atoms with E-state index in [1.807, 2.05) is 0 Å². The molecule has 0 radical (unpaired) electrons. The van der Waals surface area contributed by atoms with E-state index in [4.69, 9.17) is 4.74 Å². The number of carbonyl (C=O) groups excluding carboxylic acids is 1. The number of phenols is 1. The summed E-state index contributed by atoms with van der Waals surface area (Å²) in [4.78, 5) is 11.9. The Morgan fingerprint density at radius 1 is 1.50 bits per heavy atom. The van der Waals surface area contributed by atoms with Gasteiger partial charge in [-0.3, -0.25) is 4.79 Å². The smallest absolute Gasteiger partial charge is 0.254 e. The zero-order valence-electron chi connectivity index (χ0n) is 9.73. The SMILES string of the molecule is O=C(N[C@@H]1C[C@H]2OCC[C@@H]12)c1cc(O)ccc1F. The predicted octanol–water partition coefficient (Wildman–Crippen LogP) is 1.44. The molecule has 1 aliphatic heterocycles. The molecule has 2 N–H and O–H groups in total. The molecule has 1 aromatic carbocycles. The summed E-state index contributed by atoms with van der Waals surface area (Å²) in [7, 11) is 0. The van der Waals surface area contributed by atoms with Gasteiger partial charge in [-0.25, -0.2) is 4.39 Å². The Morgan fingerprint density at radius 3 is 3.11 bits per heavy atom. The molecule has 2 aliphatic rings. The highest BCUT2D eigenvalue weighted by Crippen LogP contribution is 2.38. The highest BCUT2D eigenvalue weighted by Gasteiger charge is 2.45. The summed E-state index contributed by atoms with van der Waals surface area (Å²) >= 11 is 0. The van der Waals surface area contributed by atoms with Crippen LogP contribution in [0, 0.1) is 11.7 Å². The highest BCUT2D eigenvalue weighted by molar-refractivity contribution is 5.95. The van der Waals surface area contributed by atoms with Gasteiger partial charge in [0.05, 0.1) is 11.7 Å². The van der Waals surface area contributed by atoms with Crippen LogP contribution in [-0.2, 0) is 4.74 Å². The minimum absolute atomic E-state index is 0.0618. The molecule has 1 aliphatic carbocycles. The average molecular weight is 251 g/mol. The quantitative estimate of drug-likeness (QED) is 0.836. The Hall–Kier alpha value is -1.62. The maximum atomic E-state index is 13.5. The van der Waals surface area contributed by atoms with Crippen LogP contribution < -0.4 is 5.32 Å². The lowest BCUT2D eigenvalue weighted by atomic mass is 9.76. The van der Waals surface area contributed by atoms with E-state index < -0.39 is 11.7 Å². The van der Waals surface area contributed by atoms with Crippen molar-refractivity contribution in [3.05, 3.63) is 29.6 Å². The van der Waals surface area contributed by atoms with Gasteiger partial charge in [-0.05, 0) is 31.0 Å². The molecule has 0 aromatic heterocycles. The van der Waals surface area contributed by atoms with Gasteiger partial charge in [-0.15, -0.1) is 0 Å². The predicted molar refractivity (Wildman–Crippen MR) is 61.8 cm³/mol. The van der Waals surface area contributed by atoms with Crippen LogP contribution in [0.5, 0.6) is 5.75 Å². The number of phenolic OH excluding ortho intramolecular Hbond substituents is 1. The van der Waals surface area contributed by atoms with E-state index in [9.17, 15) is 14.3 Å². The second-order valence-corrected chi connectivity index (χ2v) is 4.84. The van der Waals surface area contributed by atoms with Gasteiger partial charge in [0.15, 0.2) is 0 Å². The number of hydrogen-bond acceptors (Lipinski definition) is 3. The van der Waals surface area contributed by atoms with E-state index in [2.05, 4.69) is 5.32 Å². The summed E-state index contributed by atoms with van der Waals surface area (Å²) in [5.41, 5.74) is -0.114. The Balaban J connectivity index is 1.69. The van der Waals surface area contributed by atoms with Crippen LogP contribution >= 0.6 is 0 Å². The highest BCUT2D eigenvalue weighted by atomic mass is 19.1. The van der Waals surface area contributed by atoms with Crippen molar-refractivity contribution in [1.29, 1.82) is 0 Å². The Morgan fingerprint density at radius 2 is 2.33 bits per heavy atom. The number of fused-ring (bicyclic) bond motifs is 1. The largest absolute Gasteiger partial charge is 0.508 e. The fourth-order valence-corrected chi connectivity index (χ4v) is 2.70. The first-order chi connectivity index (χ1) is 8.65. The molecule has 1 aromatic rings. The molecule has 4 nitrogen and oxygen atoms in total. The zero-order valence-corrected chi connectivity index (χ0v) is 9.73. The Labute approximate surface area is 104 Å². The normalized spacial score (nSPS) is 29.5. The van der Waals surface area contributed by atoms with Gasteiger partial charge < -0.3 is 15.2 Å². The molecule has 0 unspecified atom stereocenters. The first kappa shape index (κ1) is 11.5. The summed E-state index contributed by atoms with van der Waals surface area (Å²) in [6.07, 6.45) is 1.99. The maximum Gasteiger partial charge on any atom is 0.254 e. The van der Waals surface area contributed by atoms with Crippen LogP contribution in [0.3, 0.4) is 0 Å². The van der Waals surface area contributed by atoms with E-state index in [0.717, 1.165) is 31.6 Å². The van der Waals surface area contributed by atoms with Crippen LogP contribution in [-0.4, -0.2) is 29.8 Å². The van der Waals surface area contributed by atoms with Crippen molar-refractivity contribution in [2.24, 2.45) is 5.92 Å². The molecule has 96 valence electrons. The molecule has 1 saturated heterocycles. The fourth-order valence-electron chi connectivity index (χ4n) is 2.70. The van der Waals surface area contributed by atoms with E-state index >= 15 is 0 Å². The van der Waals surface area contributed by atoms with Gasteiger partial charge >= 0.3 is 0 Å².